The predicted molar refractivity (Wildman–Crippen MR) is 112 cm³/mol. The van der Waals surface area contributed by atoms with Gasteiger partial charge in [-0.15, -0.1) is 0 Å². The number of oxazole rings is 1. The molecule has 13 heteroatoms. The van der Waals surface area contributed by atoms with Gasteiger partial charge in [0.05, 0.1) is 5.56 Å². The Kier molecular flexibility index (Phi) is 5.50. The molecular weight excluding hydrogens is 482 g/mol. The quantitative estimate of drug-likeness (QED) is 0.386. The van der Waals surface area contributed by atoms with Gasteiger partial charge in [0.2, 0.25) is 11.5 Å². The fourth-order valence-electron chi connectivity index (χ4n) is 3.72. The molecule has 8 nitrogen and oxygen atoms in total. The lowest BCUT2D eigenvalue weighted by molar-refractivity contribution is -0.194. The van der Waals surface area contributed by atoms with Crippen molar-refractivity contribution in [3.63, 3.8) is 0 Å². The number of carbonyl (C=O) groups excluding carboxylic acids is 1. The average Bonchev–Trinajstić information content (AvgIpc) is 3.50. The molecule has 0 N–H and O–H groups in total. The predicted octanol–water partition coefficient (Wildman–Crippen LogP) is 4.09. The van der Waals surface area contributed by atoms with E-state index >= 15 is 0 Å². The van der Waals surface area contributed by atoms with Gasteiger partial charge in [-0.05, 0) is 31.0 Å². The van der Waals surface area contributed by atoms with Gasteiger partial charge in [-0.1, -0.05) is 11.6 Å². The van der Waals surface area contributed by atoms with Crippen molar-refractivity contribution in [2.45, 2.75) is 19.0 Å². The number of rotatable bonds is 5. The molecule has 34 heavy (non-hydrogen) atoms. The third kappa shape index (κ3) is 4.22. The molecule has 3 aromatic rings. The number of amides is 1. The number of ether oxygens (including phenoxy) is 1. The Bertz CT molecular complexity index is 1240. The molecule has 0 atom stereocenters. The summed E-state index contributed by atoms with van der Waals surface area (Å²) in [6.07, 6.45) is -3.43. The highest BCUT2D eigenvalue weighted by atomic mass is 35.5. The smallest absolute Gasteiger partial charge is 0.397 e. The fourth-order valence-corrected chi connectivity index (χ4v) is 3.86. The second kappa shape index (κ2) is 8.26. The highest BCUT2D eigenvalue weighted by Crippen LogP contribution is 2.57. The highest BCUT2D eigenvalue weighted by Gasteiger charge is 2.64. The average molecular weight is 500 g/mol. The molecule has 3 aromatic heterocycles. The molecule has 180 valence electrons. The van der Waals surface area contributed by atoms with Crippen LogP contribution in [0.25, 0.3) is 11.2 Å². The van der Waals surface area contributed by atoms with Gasteiger partial charge in [0, 0.05) is 32.4 Å². The van der Waals surface area contributed by atoms with Crippen molar-refractivity contribution in [2.75, 3.05) is 37.7 Å². The number of carbonyl (C=O) groups is 1. The van der Waals surface area contributed by atoms with Crippen molar-refractivity contribution in [1.82, 2.24) is 19.9 Å². The number of hydrogen-bond donors (Lipinski definition) is 0. The maximum atomic E-state index is 14.4. The molecule has 4 heterocycles. The number of hydrogen-bond acceptors (Lipinski definition) is 7. The Morgan fingerprint density at radius 3 is 2.56 bits per heavy atom. The van der Waals surface area contributed by atoms with Gasteiger partial charge in [0.25, 0.3) is 11.9 Å². The second-order valence-electron chi connectivity index (χ2n) is 8.31. The van der Waals surface area contributed by atoms with Gasteiger partial charge >= 0.3 is 6.18 Å². The zero-order valence-electron chi connectivity index (χ0n) is 17.6. The first-order valence-corrected chi connectivity index (χ1v) is 10.9. The lowest BCUT2D eigenvalue weighted by Crippen LogP contribution is -2.49. The van der Waals surface area contributed by atoms with E-state index in [9.17, 15) is 22.4 Å². The van der Waals surface area contributed by atoms with E-state index in [-0.39, 0.29) is 18.4 Å². The van der Waals surface area contributed by atoms with Crippen LogP contribution in [0.4, 0.5) is 23.6 Å². The Balaban J connectivity index is 1.20. The van der Waals surface area contributed by atoms with E-state index in [0.29, 0.717) is 48.6 Å². The first kappa shape index (κ1) is 22.6. The van der Waals surface area contributed by atoms with Crippen LogP contribution >= 0.6 is 11.6 Å². The summed E-state index contributed by atoms with van der Waals surface area (Å²) in [7, 11) is 0. The van der Waals surface area contributed by atoms with E-state index < -0.39 is 35.8 Å². The van der Waals surface area contributed by atoms with Gasteiger partial charge in [-0.2, -0.15) is 18.2 Å². The first-order chi connectivity index (χ1) is 16.1. The summed E-state index contributed by atoms with van der Waals surface area (Å²) >= 11 is 5.87. The number of halogens is 5. The van der Waals surface area contributed by atoms with Crippen LogP contribution in [0.3, 0.4) is 0 Å². The molecule has 0 bridgehead atoms. The molecule has 1 aliphatic heterocycles. The Morgan fingerprint density at radius 2 is 1.91 bits per heavy atom. The SMILES string of the molecule is O=C(c1cnc(OCC2(C(F)(F)F)CC2)c(F)c1)N1CCN(c2nc3nc(Cl)ccc3o2)CC1. The number of anilines is 1. The molecule has 1 saturated heterocycles. The van der Waals surface area contributed by atoms with E-state index in [0.717, 1.165) is 12.3 Å². The Labute approximate surface area is 195 Å². The molecule has 0 spiro atoms. The minimum atomic E-state index is -4.41. The van der Waals surface area contributed by atoms with E-state index in [1.165, 1.54) is 4.90 Å². The van der Waals surface area contributed by atoms with Crippen LogP contribution in [0.5, 0.6) is 5.88 Å². The van der Waals surface area contributed by atoms with Crippen LogP contribution in [0.1, 0.15) is 23.2 Å². The molecule has 1 saturated carbocycles. The van der Waals surface area contributed by atoms with Gasteiger partial charge in [0.1, 0.15) is 17.2 Å². The molecule has 2 fully saturated rings. The largest absolute Gasteiger partial charge is 0.475 e. The van der Waals surface area contributed by atoms with Crippen LogP contribution in [0.15, 0.2) is 28.8 Å². The normalized spacial score (nSPS) is 17.8. The summed E-state index contributed by atoms with van der Waals surface area (Å²) in [5.74, 6) is -1.99. The van der Waals surface area contributed by atoms with Crippen LogP contribution in [-0.2, 0) is 0 Å². The third-order valence-corrected chi connectivity index (χ3v) is 6.25. The summed E-state index contributed by atoms with van der Waals surface area (Å²) in [4.78, 5) is 28.3. The van der Waals surface area contributed by atoms with Crippen LogP contribution in [0.2, 0.25) is 5.15 Å². The minimum absolute atomic E-state index is 0.0176. The Hall–Kier alpha value is -3.15. The molecular formula is C21H18ClF4N5O3. The minimum Gasteiger partial charge on any atom is -0.475 e. The summed E-state index contributed by atoms with van der Waals surface area (Å²) < 4.78 is 64.1. The Morgan fingerprint density at radius 1 is 1.18 bits per heavy atom. The van der Waals surface area contributed by atoms with Crippen LogP contribution in [0, 0.1) is 11.2 Å². The lowest BCUT2D eigenvalue weighted by Gasteiger charge is -2.33. The highest BCUT2D eigenvalue weighted by molar-refractivity contribution is 6.29. The topological polar surface area (TPSA) is 84.6 Å². The fraction of sp³-hybridized carbons (Fsp3) is 0.429. The molecule has 5 rings (SSSR count). The van der Waals surface area contributed by atoms with E-state index in [1.807, 2.05) is 4.90 Å². The molecule has 0 radical (unpaired) electrons. The van der Waals surface area contributed by atoms with Gasteiger partial charge < -0.3 is 19.0 Å². The van der Waals surface area contributed by atoms with Gasteiger partial charge in [0.15, 0.2) is 11.4 Å². The second-order valence-corrected chi connectivity index (χ2v) is 8.70. The summed E-state index contributed by atoms with van der Waals surface area (Å²) in [6, 6.07) is 4.56. The van der Waals surface area contributed by atoms with Crippen molar-refractivity contribution in [3.8, 4) is 5.88 Å². The molecule has 2 aliphatic rings. The maximum absolute atomic E-state index is 14.4. The van der Waals surface area contributed by atoms with Crippen LogP contribution < -0.4 is 9.64 Å². The van der Waals surface area contributed by atoms with E-state index in [2.05, 4.69) is 15.0 Å². The van der Waals surface area contributed by atoms with E-state index in [1.54, 1.807) is 12.1 Å². The standard InChI is InChI=1S/C21H18ClF4N5O3/c22-15-2-1-14-16(28-15)29-19(34-14)31-7-5-30(6-8-31)18(32)12-9-13(23)17(27-10-12)33-11-20(3-4-20)21(24,25)26/h1-2,9-10H,3-8,11H2. The maximum Gasteiger partial charge on any atom is 0.397 e. The monoisotopic (exact) mass is 499 g/mol. The first-order valence-electron chi connectivity index (χ1n) is 10.5. The summed E-state index contributed by atoms with van der Waals surface area (Å²) in [5.41, 5.74) is -1.08. The number of alkyl halides is 3. The zero-order chi connectivity index (χ0) is 24.1. The van der Waals surface area contributed by atoms with Crippen molar-refractivity contribution in [1.29, 1.82) is 0 Å². The van der Waals surface area contributed by atoms with Gasteiger partial charge in [-0.25, -0.2) is 14.4 Å². The zero-order valence-corrected chi connectivity index (χ0v) is 18.4. The molecule has 1 aliphatic carbocycles. The van der Waals surface area contributed by atoms with Gasteiger partial charge in [-0.3, -0.25) is 4.79 Å². The van der Waals surface area contributed by atoms with Crippen molar-refractivity contribution >= 4 is 34.8 Å². The van der Waals surface area contributed by atoms with Crippen molar-refractivity contribution < 1.29 is 31.5 Å². The van der Waals surface area contributed by atoms with Crippen LogP contribution in [-0.4, -0.2) is 64.7 Å². The molecule has 1 amide bonds. The van der Waals surface area contributed by atoms with E-state index in [4.69, 9.17) is 20.8 Å². The third-order valence-electron chi connectivity index (χ3n) is 6.04. The van der Waals surface area contributed by atoms with Crippen molar-refractivity contribution in [3.05, 3.63) is 40.9 Å². The number of piperazine rings is 1. The summed E-state index contributed by atoms with van der Waals surface area (Å²) in [5, 5.41) is 0.299. The number of pyridine rings is 2. The number of nitrogens with zero attached hydrogens (tertiary/aromatic N) is 5. The number of fused-ring (bicyclic) bond motifs is 1. The molecule has 0 aromatic carbocycles. The van der Waals surface area contributed by atoms with Crippen molar-refractivity contribution in [2.24, 2.45) is 5.41 Å². The number of aromatic nitrogens is 3. The molecule has 0 unspecified atom stereocenters. The summed E-state index contributed by atoms with van der Waals surface area (Å²) in [6.45, 7) is 0.776. The lowest BCUT2D eigenvalue weighted by atomic mass is 10.1.